The molecule has 0 saturated heterocycles. The fourth-order valence-electron chi connectivity index (χ4n) is 0.837. The Kier molecular flexibility index (Phi) is 2.87. The van der Waals surface area contributed by atoms with Gasteiger partial charge in [-0.25, -0.2) is 13.8 Å². The van der Waals surface area contributed by atoms with Crippen molar-refractivity contribution in [3.8, 4) is 11.5 Å². The monoisotopic (exact) mass is 209 g/mol. The van der Waals surface area contributed by atoms with Crippen LogP contribution in [0, 0.1) is 0 Å². The first kappa shape index (κ1) is 9.98. The van der Waals surface area contributed by atoms with Crippen molar-refractivity contribution >= 4 is 11.6 Å². The summed E-state index contributed by atoms with van der Waals surface area (Å²) in [7, 11) is 0. The predicted molar refractivity (Wildman–Crippen MR) is 42.1 cm³/mol. The molecule has 0 fully saturated rings. The molecule has 2 N–H and O–H groups in total. The molecule has 0 unspecified atom stereocenters. The molecule has 1 aromatic heterocycles. The zero-order valence-electron chi connectivity index (χ0n) is 6.34. The largest absolute Gasteiger partial charge is 0.506 e. The van der Waals surface area contributed by atoms with Crippen LogP contribution in [0.3, 0.4) is 0 Å². The summed E-state index contributed by atoms with van der Waals surface area (Å²) >= 11 is 5.32. The fourth-order valence-corrected chi connectivity index (χ4v) is 1.10. The van der Waals surface area contributed by atoms with E-state index in [9.17, 15) is 8.78 Å². The molecular formula is C7H6ClF2NO2. The Morgan fingerprint density at radius 2 is 2.08 bits per heavy atom. The van der Waals surface area contributed by atoms with Gasteiger partial charge in [-0.05, 0) is 0 Å². The van der Waals surface area contributed by atoms with E-state index in [1.54, 1.807) is 0 Å². The smallest absolute Gasteiger partial charge is 0.284 e. The third-order valence-electron chi connectivity index (χ3n) is 1.50. The summed E-state index contributed by atoms with van der Waals surface area (Å²) in [4.78, 5) is 3.18. The van der Waals surface area contributed by atoms with Gasteiger partial charge in [0.15, 0.2) is 5.75 Å². The summed E-state index contributed by atoms with van der Waals surface area (Å²) in [6.07, 6.45) is -2.05. The molecule has 1 rings (SSSR count). The Balaban J connectivity index is 3.27. The first-order chi connectivity index (χ1) is 6.07. The van der Waals surface area contributed by atoms with Crippen LogP contribution in [0.4, 0.5) is 8.78 Å². The van der Waals surface area contributed by atoms with Crippen LogP contribution >= 0.6 is 11.6 Å². The lowest BCUT2D eigenvalue weighted by atomic mass is 10.2. The molecule has 0 amide bonds. The van der Waals surface area contributed by atoms with Gasteiger partial charge in [-0.2, -0.15) is 0 Å². The average Bonchev–Trinajstić information content (AvgIpc) is 2.04. The maximum absolute atomic E-state index is 12.1. The summed E-state index contributed by atoms with van der Waals surface area (Å²) in [6, 6.07) is 0. The highest BCUT2D eigenvalue weighted by Crippen LogP contribution is 2.34. The van der Waals surface area contributed by atoms with Crippen LogP contribution < -0.4 is 0 Å². The van der Waals surface area contributed by atoms with Gasteiger partial charge in [0.2, 0.25) is 0 Å². The van der Waals surface area contributed by atoms with Crippen LogP contribution in [0.25, 0.3) is 0 Å². The molecule has 0 atom stereocenters. The van der Waals surface area contributed by atoms with Gasteiger partial charge in [-0.15, -0.1) is 11.6 Å². The van der Waals surface area contributed by atoms with Crippen molar-refractivity contribution in [1.82, 2.24) is 4.98 Å². The van der Waals surface area contributed by atoms with Gasteiger partial charge in [0.1, 0.15) is 11.4 Å². The molecule has 0 aliphatic heterocycles. The molecule has 6 heteroatoms. The molecule has 13 heavy (non-hydrogen) atoms. The SMILES string of the molecule is Oc1cnc(C(F)F)c(O)c1CCl. The molecule has 1 heterocycles. The third kappa shape index (κ3) is 1.80. The number of hydrogen-bond donors (Lipinski definition) is 2. The van der Waals surface area contributed by atoms with Gasteiger partial charge in [0.05, 0.1) is 17.6 Å². The maximum Gasteiger partial charge on any atom is 0.284 e. The van der Waals surface area contributed by atoms with Crippen molar-refractivity contribution in [1.29, 1.82) is 0 Å². The number of pyridine rings is 1. The Morgan fingerprint density at radius 3 is 2.54 bits per heavy atom. The predicted octanol–water partition coefficient (Wildman–Crippen LogP) is 2.17. The lowest BCUT2D eigenvalue weighted by molar-refractivity contribution is 0.141. The van der Waals surface area contributed by atoms with Crippen molar-refractivity contribution in [3.63, 3.8) is 0 Å². The van der Waals surface area contributed by atoms with Crippen LogP contribution in [-0.2, 0) is 5.88 Å². The van der Waals surface area contributed by atoms with Gasteiger partial charge in [0.25, 0.3) is 6.43 Å². The number of alkyl halides is 3. The number of aromatic hydroxyl groups is 2. The third-order valence-corrected chi connectivity index (χ3v) is 1.77. The molecular weight excluding hydrogens is 204 g/mol. The Morgan fingerprint density at radius 1 is 1.46 bits per heavy atom. The summed E-state index contributed by atoms with van der Waals surface area (Å²) < 4.78 is 24.3. The minimum absolute atomic E-state index is 0.132. The number of aromatic nitrogens is 1. The van der Waals surface area contributed by atoms with Crippen molar-refractivity contribution in [2.24, 2.45) is 0 Å². The highest BCUT2D eigenvalue weighted by Gasteiger charge is 2.19. The summed E-state index contributed by atoms with van der Waals surface area (Å²) in [5, 5.41) is 18.2. The van der Waals surface area contributed by atoms with E-state index >= 15 is 0 Å². The maximum atomic E-state index is 12.1. The van der Waals surface area contributed by atoms with Crippen LogP contribution in [0.5, 0.6) is 11.5 Å². The lowest BCUT2D eigenvalue weighted by Crippen LogP contribution is -1.94. The molecule has 72 valence electrons. The summed E-state index contributed by atoms with van der Waals surface area (Å²) in [5.74, 6) is -1.39. The van der Waals surface area contributed by atoms with E-state index in [1.165, 1.54) is 0 Å². The quantitative estimate of drug-likeness (QED) is 0.734. The van der Waals surface area contributed by atoms with Crippen LogP contribution in [0.15, 0.2) is 6.20 Å². The minimum Gasteiger partial charge on any atom is -0.506 e. The summed E-state index contributed by atoms with van der Waals surface area (Å²) in [6.45, 7) is 0. The topological polar surface area (TPSA) is 53.4 Å². The second-order valence-corrected chi connectivity index (χ2v) is 2.56. The van der Waals surface area contributed by atoms with Gasteiger partial charge in [-0.3, -0.25) is 0 Å². The summed E-state index contributed by atoms with van der Waals surface area (Å²) in [5.41, 5.74) is -0.902. The van der Waals surface area contributed by atoms with E-state index in [0.29, 0.717) is 0 Å². The van der Waals surface area contributed by atoms with E-state index < -0.39 is 23.6 Å². The van der Waals surface area contributed by atoms with Gasteiger partial charge in [-0.1, -0.05) is 0 Å². The van der Waals surface area contributed by atoms with E-state index in [0.717, 1.165) is 6.20 Å². The van der Waals surface area contributed by atoms with Crippen molar-refractivity contribution in [3.05, 3.63) is 17.5 Å². The second-order valence-electron chi connectivity index (χ2n) is 2.29. The van der Waals surface area contributed by atoms with E-state index in [4.69, 9.17) is 21.8 Å². The molecule has 1 aromatic rings. The second kappa shape index (κ2) is 3.74. The van der Waals surface area contributed by atoms with Gasteiger partial charge < -0.3 is 10.2 Å². The first-order valence-electron chi connectivity index (χ1n) is 3.31. The first-order valence-corrected chi connectivity index (χ1v) is 3.85. The zero-order chi connectivity index (χ0) is 10.0. The minimum atomic E-state index is -2.89. The molecule has 3 nitrogen and oxygen atoms in total. The van der Waals surface area contributed by atoms with Crippen LogP contribution in [-0.4, -0.2) is 15.2 Å². The van der Waals surface area contributed by atoms with Crippen molar-refractivity contribution < 1.29 is 19.0 Å². The van der Waals surface area contributed by atoms with Gasteiger partial charge in [0, 0.05) is 0 Å². The van der Waals surface area contributed by atoms with Crippen LogP contribution in [0.2, 0.25) is 0 Å². The standard InChI is InChI=1S/C7H6ClF2NO2/c8-1-3-4(12)2-11-5(6(3)13)7(9)10/h2,7,12-13H,1H2. The molecule has 0 bridgehead atoms. The van der Waals surface area contributed by atoms with Crippen molar-refractivity contribution in [2.75, 3.05) is 0 Å². The molecule has 0 aliphatic carbocycles. The van der Waals surface area contributed by atoms with E-state index in [1.807, 2.05) is 0 Å². The number of halogens is 3. The Labute approximate surface area is 77.6 Å². The molecule has 0 aliphatic rings. The van der Waals surface area contributed by atoms with E-state index in [-0.39, 0.29) is 11.4 Å². The molecule has 0 saturated carbocycles. The fraction of sp³-hybridized carbons (Fsp3) is 0.286. The van der Waals surface area contributed by atoms with Crippen LogP contribution in [0.1, 0.15) is 17.7 Å². The van der Waals surface area contributed by atoms with E-state index in [2.05, 4.69) is 4.98 Å². The zero-order valence-corrected chi connectivity index (χ0v) is 7.09. The molecule has 0 radical (unpaired) electrons. The highest BCUT2D eigenvalue weighted by atomic mass is 35.5. The molecule has 0 aromatic carbocycles. The number of hydrogen-bond acceptors (Lipinski definition) is 3. The Hall–Kier alpha value is -1.10. The highest BCUT2D eigenvalue weighted by molar-refractivity contribution is 6.17. The van der Waals surface area contributed by atoms with Gasteiger partial charge >= 0.3 is 0 Å². The lowest BCUT2D eigenvalue weighted by Gasteiger charge is -2.07. The Bertz CT molecular complexity index is 320. The number of rotatable bonds is 2. The average molecular weight is 210 g/mol. The van der Waals surface area contributed by atoms with Crippen molar-refractivity contribution in [2.45, 2.75) is 12.3 Å². The number of nitrogens with zero attached hydrogens (tertiary/aromatic N) is 1. The normalized spacial score (nSPS) is 10.8. The molecule has 0 spiro atoms.